The molecule has 1 amide bonds. The highest BCUT2D eigenvalue weighted by atomic mass is 16.6. The molecule has 2 saturated heterocycles. The van der Waals surface area contributed by atoms with Crippen LogP contribution in [-0.4, -0.2) is 42.8 Å². The summed E-state index contributed by atoms with van der Waals surface area (Å²) < 4.78 is 5.52. The topological polar surface area (TPSA) is 32.8 Å². The van der Waals surface area contributed by atoms with E-state index in [0.717, 1.165) is 50.9 Å². The van der Waals surface area contributed by atoms with Crippen LogP contribution < -0.4 is 4.90 Å². The monoisotopic (exact) mass is 372 g/mol. The van der Waals surface area contributed by atoms with E-state index in [4.69, 9.17) is 4.74 Å². The Morgan fingerprint density at radius 2 is 1.48 bits per heavy atom. The summed E-state index contributed by atoms with van der Waals surface area (Å²) in [5, 5.41) is 0. The van der Waals surface area contributed by atoms with Gasteiger partial charge in [-0.2, -0.15) is 0 Å². The van der Waals surface area contributed by atoms with Crippen LogP contribution in [0.1, 0.15) is 57.6 Å². The molecule has 1 aromatic rings. The second-order valence-corrected chi connectivity index (χ2v) is 9.40. The summed E-state index contributed by atoms with van der Waals surface area (Å²) in [5.41, 5.74) is 3.71. The third kappa shape index (κ3) is 5.18. The fourth-order valence-electron chi connectivity index (χ4n) is 4.43. The van der Waals surface area contributed by atoms with Crippen LogP contribution >= 0.6 is 0 Å². The van der Waals surface area contributed by atoms with Gasteiger partial charge in [0, 0.05) is 31.9 Å². The van der Waals surface area contributed by atoms with Gasteiger partial charge in [0.25, 0.3) is 0 Å². The predicted octanol–water partition coefficient (Wildman–Crippen LogP) is 5.17. The average molecular weight is 373 g/mol. The number of hydrogen-bond acceptors (Lipinski definition) is 3. The van der Waals surface area contributed by atoms with Gasteiger partial charge in [-0.25, -0.2) is 4.79 Å². The van der Waals surface area contributed by atoms with Crippen molar-refractivity contribution in [2.24, 2.45) is 11.8 Å². The maximum atomic E-state index is 12.2. The first-order valence-electron chi connectivity index (χ1n) is 10.5. The molecular weight excluding hydrogens is 336 g/mol. The number of piperidine rings is 2. The van der Waals surface area contributed by atoms with Gasteiger partial charge in [0.1, 0.15) is 5.60 Å². The molecule has 4 heteroatoms. The Labute approximate surface area is 164 Å². The fourth-order valence-corrected chi connectivity index (χ4v) is 4.43. The third-order valence-electron chi connectivity index (χ3n) is 6.25. The second kappa shape index (κ2) is 8.12. The molecule has 0 unspecified atom stereocenters. The van der Waals surface area contributed by atoms with Crippen LogP contribution in [0.5, 0.6) is 0 Å². The van der Waals surface area contributed by atoms with E-state index in [1.54, 1.807) is 0 Å². The molecule has 0 atom stereocenters. The van der Waals surface area contributed by atoms with Crippen molar-refractivity contribution >= 4 is 11.8 Å². The summed E-state index contributed by atoms with van der Waals surface area (Å²) in [6.45, 7) is 14.2. The number of aryl methyl sites for hydroxylation is 2. The van der Waals surface area contributed by atoms with Gasteiger partial charge < -0.3 is 14.5 Å². The minimum absolute atomic E-state index is 0.148. The highest BCUT2D eigenvalue weighted by molar-refractivity contribution is 5.68. The first-order chi connectivity index (χ1) is 12.7. The molecule has 0 saturated carbocycles. The van der Waals surface area contributed by atoms with E-state index < -0.39 is 5.60 Å². The highest BCUT2D eigenvalue weighted by Crippen LogP contribution is 2.34. The van der Waals surface area contributed by atoms with Crippen molar-refractivity contribution in [3.8, 4) is 0 Å². The van der Waals surface area contributed by atoms with Crippen molar-refractivity contribution in [1.82, 2.24) is 4.90 Å². The number of ether oxygens (including phenoxy) is 1. The van der Waals surface area contributed by atoms with Gasteiger partial charge in [-0.1, -0.05) is 6.07 Å². The van der Waals surface area contributed by atoms with Gasteiger partial charge >= 0.3 is 6.09 Å². The molecule has 27 heavy (non-hydrogen) atoms. The molecule has 150 valence electrons. The zero-order valence-corrected chi connectivity index (χ0v) is 17.8. The van der Waals surface area contributed by atoms with Crippen molar-refractivity contribution < 1.29 is 9.53 Å². The van der Waals surface area contributed by atoms with Gasteiger partial charge in [0.05, 0.1) is 0 Å². The Morgan fingerprint density at radius 3 is 2.00 bits per heavy atom. The van der Waals surface area contributed by atoms with Crippen LogP contribution in [0.3, 0.4) is 0 Å². The van der Waals surface area contributed by atoms with Crippen LogP contribution in [0.25, 0.3) is 0 Å². The van der Waals surface area contributed by atoms with Crippen LogP contribution in [0.4, 0.5) is 10.5 Å². The number of amides is 1. The quantitative estimate of drug-likeness (QED) is 0.718. The summed E-state index contributed by atoms with van der Waals surface area (Å²) in [7, 11) is 0. The SMILES string of the molecule is Cc1ccc(N2CCC(C3CCN(C(=O)OC(C)(C)C)CC3)CC2)cc1C. The summed E-state index contributed by atoms with van der Waals surface area (Å²) in [5.74, 6) is 1.55. The minimum Gasteiger partial charge on any atom is -0.444 e. The zero-order valence-electron chi connectivity index (χ0n) is 17.8. The van der Waals surface area contributed by atoms with E-state index >= 15 is 0 Å². The largest absolute Gasteiger partial charge is 0.444 e. The number of anilines is 1. The van der Waals surface area contributed by atoms with Crippen molar-refractivity contribution in [2.75, 3.05) is 31.1 Å². The van der Waals surface area contributed by atoms with Crippen molar-refractivity contribution in [2.45, 2.75) is 65.9 Å². The lowest BCUT2D eigenvalue weighted by molar-refractivity contribution is 0.0152. The van der Waals surface area contributed by atoms with Crippen molar-refractivity contribution in [3.63, 3.8) is 0 Å². The summed E-state index contributed by atoms with van der Waals surface area (Å²) in [6.07, 6.45) is 4.63. The van der Waals surface area contributed by atoms with Gasteiger partial charge in [0.15, 0.2) is 0 Å². The van der Waals surface area contributed by atoms with Gasteiger partial charge in [-0.15, -0.1) is 0 Å². The van der Waals surface area contributed by atoms with Crippen molar-refractivity contribution in [3.05, 3.63) is 29.3 Å². The first kappa shape index (κ1) is 20.0. The Hall–Kier alpha value is -1.71. The molecule has 4 nitrogen and oxygen atoms in total. The Kier molecular flexibility index (Phi) is 6.02. The molecule has 0 aromatic heterocycles. The number of likely N-dealkylation sites (tertiary alicyclic amines) is 1. The normalized spacial score (nSPS) is 20.0. The smallest absolute Gasteiger partial charge is 0.410 e. The maximum Gasteiger partial charge on any atom is 0.410 e. The molecular formula is C23H36N2O2. The van der Waals surface area contributed by atoms with E-state index in [1.807, 2.05) is 25.7 Å². The average Bonchev–Trinajstić information content (AvgIpc) is 2.63. The molecule has 2 aliphatic heterocycles. The number of nitrogens with zero attached hydrogens (tertiary/aromatic N) is 2. The number of benzene rings is 1. The molecule has 0 bridgehead atoms. The van der Waals surface area contributed by atoms with Gasteiger partial charge in [-0.3, -0.25) is 0 Å². The first-order valence-corrected chi connectivity index (χ1v) is 10.5. The van der Waals surface area contributed by atoms with Gasteiger partial charge in [-0.05, 0) is 95.4 Å². The molecule has 1 aromatic carbocycles. The summed E-state index contributed by atoms with van der Waals surface area (Å²) in [4.78, 5) is 16.7. The number of carbonyl (C=O) groups excluding carboxylic acids is 1. The highest BCUT2D eigenvalue weighted by Gasteiger charge is 2.32. The van der Waals surface area contributed by atoms with E-state index in [0.29, 0.717) is 0 Å². The van der Waals surface area contributed by atoms with E-state index in [-0.39, 0.29) is 6.09 Å². The number of rotatable bonds is 2. The summed E-state index contributed by atoms with van der Waals surface area (Å²) >= 11 is 0. The molecule has 2 fully saturated rings. The minimum atomic E-state index is -0.408. The number of carbonyl (C=O) groups is 1. The van der Waals surface area contributed by atoms with Crippen LogP contribution in [0.2, 0.25) is 0 Å². The predicted molar refractivity (Wildman–Crippen MR) is 111 cm³/mol. The lowest BCUT2D eigenvalue weighted by atomic mass is 9.79. The fraction of sp³-hybridized carbons (Fsp3) is 0.696. The van der Waals surface area contributed by atoms with Crippen LogP contribution in [0.15, 0.2) is 18.2 Å². The summed E-state index contributed by atoms with van der Waals surface area (Å²) in [6, 6.07) is 6.83. The zero-order chi connectivity index (χ0) is 19.6. The van der Waals surface area contributed by atoms with E-state index in [2.05, 4.69) is 36.9 Å². The number of hydrogen-bond donors (Lipinski definition) is 0. The Morgan fingerprint density at radius 1 is 0.926 bits per heavy atom. The molecule has 3 rings (SSSR count). The van der Waals surface area contributed by atoms with Crippen molar-refractivity contribution in [1.29, 1.82) is 0 Å². The molecule has 0 spiro atoms. The van der Waals surface area contributed by atoms with Gasteiger partial charge in [0.2, 0.25) is 0 Å². The van der Waals surface area contributed by atoms with E-state index in [1.165, 1.54) is 29.7 Å². The molecule has 0 radical (unpaired) electrons. The van der Waals surface area contributed by atoms with Crippen LogP contribution in [0, 0.1) is 25.7 Å². The Balaban J connectivity index is 1.47. The lowest BCUT2D eigenvalue weighted by Gasteiger charge is -2.41. The van der Waals surface area contributed by atoms with Crippen LogP contribution in [-0.2, 0) is 4.74 Å². The molecule has 2 heterocycles. The van der Waals surface area contributed by atoms with E-state index in [9.17, 15) is 4.79 Å². The molecule has 0 aliphatic carbocycles. The second-order valence-electron chi connectivity index (χ2n) is 9.40. The molecule has 2 aliphatic rings. The third-order valence-corrected chi connectivity index (χ3v) is 6.25. The standard InChI is InChI=1S/C23H36N2O2/c1-17-6-7-21(16-18(17)2)24-12-8-19(9-13-24)20-10-14-25(15-11-20)22(26)27-23(3,4)5/h6-7,16,19-20H,8-15H2,1-5H3. The Bertz CT molecular complexity index is 649. The lowest BCUT2D eigenvalue weighted by Crippen LogP contribution is -2.44. The molecule has 0 N–H and O–H groups in total. The maximum absolute atomic E-state index is 12.2.